The Kier molecular flexibility index (Phi) is 5.14. The molecular weight excluding hydrogens is 332 g/mol. The highest BCUT2D eigenvalue weighted by atomic mass is 35.5. The van der Waals surface area contributed by atoms with Gasteiger partial charge in [-0.25, -0.2) is 0 Å². The highest BCUT2D eigenvalue weighted by Gasteiger charge is 2.56. The van der Waals surface area contributed by atoms with Crippen molar-refractivity contribution < 1.29 is 9.53 Å². The number of fused-ring (bicyclic) bond motifs is 3. The van der Waals surface area contributed by atoms with E-state index in [0.717, 1.165) is 12.8 Å². The number of esters is 1. The first kappa shape index (κ1) is 19.0. The Hall–Kier alpha value is -0.760. The van der Waals surface area contributed by atoms with Crippen LogP contribution < -0.4 is 0 Å². The molecule has 25 heavy (non-hydrogen) atoms. The van der Waals surface area contributed by atoms with Crippen LogP contribution in [0.25, 0.3) is 0 Å². The van der Waals surface area contributed by atoms with Crippen molar-refractivity contribution in [2.45, 2.75) is 65.7 Å². The molecule has 3 heteroatoms. The summed E-state index contributed by atoms with van der Waals surface area (Å²) in [5.74, 6) is 0.863. The van der Waals surface area contributed by atoms with E-state index < -0.39 is 0 Å². The lowest BCUT2D eigenvalue weighted by molar-refractivity contribution is -0.150. The van der Waals surface area contributed by atoms with Crippen molar-refractivity contribution in [2.24, 2.45) is 28.1 Å². The number of hydrogen-bond donors (Lipinski definition) is 0. The van der Waals surface area contributed by atoms with Crippen molar-refractivity contribution >= 4 is 17.6 Å². The van der Waals surface area contributed by atoms with Gasteiger partial charge in [-0.1, -0.05) is 44.9 Å². The fraction of sp³-hybridized carbons (Fsp3) is 0.773. The summed E-state index contributed by atoms with van der Waals surface area (Å²) >= 11 is 5.63. The Bertz CT molecular complexity index is 583. The lowest BCUT2D eigenvalue weighted by Crippen LogP contribution is -2.53. The molecule has 2 fully saturated rings. The summed E-state index contributed by atoms with van der Waals surface area (Å²) in [7, 11) is 0. The van der Waals surface area contributed by atoms with Crippen LogP contribution in [0.15, 0.2) is 24.3 Å². The molecule has 0 amide bonds. The molecular formula is C22H33ClO2. The summed E-state index contributed by atoms with van der Waals surface area (Å²) in [4.78, 5) is 11.6. The van der Waals surface area contributed by atoms with Crippen LogP contribution in [0, 0.1) is 28.1 Å². The quantitative estimate of drug-likeness (QED) is 0.352. The minimum Gasteiger partial charge on any atom is -0.464 e. The van der Waals surface area contributed by atoms with E-state index in [-0.39, 0.29) is 28.1 Å². The second kappa shape index (κ2) is 6.76. The van der Waals surface area contributed by atoms with Crippen molar-refractivity contribution in [3.63, 3.8) is 0 Å². The molecule has 0 aromatic rings. The maximum Gasteiger partial charge on any atom is 0.320 e. The molecule has 2 saturated carbocycles. The maximum atomic E-state index is 11.6. The van der Waals surface area contributed by atoms with Crippen LogP contribution in [0.1, 0.15) is 65.7 Å². The molecule has 140 valence electrons. The number of halogens is 1. The summed E-state index contributed by atoms with van der Waals surface area (Å²) in [6.45, 7) is 11.9. The van der Waals surface area contributed by atoms with Crippen molar-refractivity contribution in [2.75, 3.05) is 12.5 Å². The SMILES string of the molecule is C=C[C@@]1(C)CCC=C2[C@H]1CCC1[C@](C)(COC(=O)CCl)CCC[C@@]21C. The largest absolute Gasteiger partial charge is 0.464 e. The van der Waals surface area contributed by atoms with Gasteiger partial charge in [0.2, 0.25) is 0 Å². The number of alkyl halides is 1. The molecule has 0 aromatic carbocycles. The molecule has 0 aromatic heterocycles. The van der Waals surface area contributed by atoms with Gasteiger partial charge in [-0.3, -0.25) is 4.79 Å². The second-order valence-electron chi connectivity index (χ2n) is 9.31. The van der Waals surface area contributed by atoms with Crippen LogP contribution in [0.5, 0.6) is 0 Å². The summed E-state index contributed by atoms with van der Waals surface area (Å²) in [5, 5.41) is 0. The first-order valence-electron chi connectivity index (χ1n) is 9.85. The van der Waals surface area contributed by atoms with Crippen LogP contribution in [0.4, 0.5) is 0 Å². The minimum atomic E-state index is -0.292. The van der Waals surface area contributed by atoms with Gasteiger partial charge in [0, 0.05) is 5.41 Å². The zero-order valence-corrected chi connectivity index (χ0v) is 16.8. The normalized spacial score (nSPS) is 43.4. The molecule has 3 rings (SSSR count). The molecule has 0 radical (unpaired) electrons. The fourth-order valence-electron chi connectivity index (χ4n) is 6.35. The number of hydrogen-bond acceptors (Lipinski definition) is 2. The van der Waals surface area contributed by atoms with E-state index in [2.05, 4.69) is 39.5 Å². The van der Waals surface area contributed by atoms with Crippen LogP contribution >= 0.6 is 11.6 Å². The zero-order chi connectivity index (χ0) is 18.3. The highest BCUT2D eigenvalue weighted by Crippen LogP contribution is 2.65. The second-order valence-corrected chi connectivity index (χ2v) is 9.58. The summed E-state index contributed by atoms with van der Waals surface area (Å²) < 4.78 is 5.52. The lowest BCUT2D eigenvalue weighted by atomic mass is 9.44. The van der Waals surface area contributed by atoms with Gasteiger partial charge in [0.25, 0.3) is 0 Å². The number of ether oxygens (including phenoxy) is 1. The third-order valence-electron chi connectivity index (χ3n) is 7.81. The Balaban J connectivity index is 1.89. The van der Waals surface area contributed by atoms with E-state index >= 15 is 0 Å². The van der Waals surface area contributed by atoms with Crippen LogP contribution in [0.3, 0.4) is 0 Å². The average molecular weight is 365 g/mol. The standard InChI is InChI=1S/C22H33ClO2/c1-5-20(2)11-6-8-17-16(20)9-10-18-21(3,15-25-19(24)14-23)12-7-13-22(17,18)4/h5,8,16,18H,1,6-7,9-15H2,2-4H3/t16-,18?,20+,21+,22+/m1/s1. The van der Waals surface area contributed by atoms with Gasteiger partial charge < -0.3 is 4.74 Å². The summed E-state index contributed by atoms with van der Waals surface area (Å²) in [6.07, 6.45) is 13.2. The molecule has 2 nitrogen and oxygen atoms in total. The molecule has 0 saturated heterocycles. The van der Waals surface area contributed by atoms with E-state index in [0.29, 0.717) is 18.4 Å². The van der Waals surface area contributed by atoms with Gasteiger partial charge in [-0.15, -0.1) is 18.2 Å². The summed E-state index contributed by atoms with van der Waals surface area (Å²) in [6, 6.07) is 0. The Labute approximate surface area is 158 Å². The van der Waals surface area contributed by atoms with Crippen molar-refractivity contribution in [3.05, 3.63) is 24.3 Å². The first-order chi connectivity index (χ1) is 11.8. The average Bonchev–Trinajstić information content (AvgIpc) is 2.60. The lowest BCUT2D eigenvalue weighted by Gasteiger charge is -2.60. The van der Waals surface area contributed by atoms with Crippen molar-refractivity contribution in [1.82, 2.24) is 0 Å². The predicted molar refractivity (Wildman–Crippen MR) is 104 cm³/mol. The minimum absolute atomic E-state index is 0.0526. The molecule has 3 aliphatic rings. The Morgan fingerprint density at radius 3 is 2.76 bits per heavy atom. The zero-order valence-electron chi connectivity index (χ0n) is 16.1. The van der Waals surface area contributed by atoms with E-state index in [9.17, 15) is 4.79 Å². The molecule has 1 unspecified atom stereocenters. The number of carbonyl (C=O) groups is 1. The van der Waals surface area contributed by atoms with E-state index in [1.807, 2.05) is 0 Å². The molecule has 5 atom stereocenters. The van der Waals surface area contributed by atoms with Crippen molar-refractivity contribution in [3.8, 4) is 0 Å². The number of allylic oxidation sites excluding steroid dienone is 3. The van der Waals surface area contributed by atoms with Gasteiger partial charge >= 0.3 is 5.97 Å². The van der Waals surface area contributed by atoms with E-state index in [4.69, 9.17) is 16.3 Å². The molecule has 0 aliphatic heterocycles. The molecule has 0 spiro atoms. The van der Waals surface area contributed by atoms with Gasteiger partial charge in [0.1, 0.15) is 5.88 Å². The van der Waals surface area contributed by atoms with Crippen LogP contribution in [-0.2, 0) is 9.53 Å². The number of rotatable bonds is 4. The Morgan fingerprint density at radius 1 is 1.32 bits per heavy atom. The topological polar surface area (TPSA) is 26.3 Å². The van der Waals surface area contributed by atoms with E-state index in [1.54, 1.807) is 5.57 Å². The maximum absolute atomic E-state index is 11.6. The molecule has 3 aliphatic carbocycles. The predicted octanol–water partition coefficient (Wildman–Crippen LogP) is 5.90. The van der Waals surface area contributed by atoms with Gasteiger partial charge in [-0.05, 0) is 61.2 Å². The summed E-state index contributed by atoms with van der Waals surface area (Å²) in [5.41, 5.74) is 2.19. The highest BCUT2D eigenvalue weighted by molar-refractivity contribution is 6.26. The third kappa shape index (κ3) is 3.09. The van der Waals surface area contributed by atoms with Crippen LogP contribution in [-0.4, -0.2) is 18.5 Å². The molecule has 0 heterocycles. The first-order valence-corrected chi connectivity index (χ1v) is 10.4. The van der Waals surface area contributed by atoms with Gasteiger partial charge in [0.05, 0.1) is 6.61 Å². The molecule has 0 N–H and O–H groups in total. The number of carbonyl (C=O) groups excluding carboxylic acids is 1. The van der Waals surface area contributed by atoms with Crippen molar-refractivity contribution in [1.29, 1.82) is 0 Å². The molecule has 0 bridgehead atoms. The Morgan fingerprint density at radius 2 is 2.08 bits per heavy atom. The van der Waals surface area contributed by atoms with Gasteiger partial charge in [0.15, 0.2) is 0 Å². The third-order valence-corrected chi connectivity index (χ3v) is 8.03. The monoisotopic (exact) mass is 364 g/mol. The smallest absolute Gasteiger partial charge is 0.320 e. The van der Waals surface area contributed by atoms with Crippen LogP contribution in [0.2, 0.25) is 0 Å². The van der Waals surface area contributed by atoms with Gasteiger partial charge in [-0.2, -0.15) is 0 Å². The fourth-order valence-corrected chi connectivity index (χ4v) is 6.43. The van der Waals surface area contributed by atoms with E-state index in [1.165, 1.54) is 32.1 Å².